The molecule has 0 aliphatic heterocycles. The van der Waals surface area contributed by atoms with Gasteiger partial charge in [0.25, 0.3) is 0 Å². The Kier molecular flexibility index (Phi) is 8.98. The molecule has 1 aliphatic carbocycles. The van der Waals surface area contributed by atoms with E-state index in [4.69, 9.17) is 4.74 Å². The van der Waals surface area contributed by atoms with Crippen LogP contribution in [0.3, 0.4) is 0 Å². The molecule has 1 saturated carbocycles. The topological polar surface area (TPSA) is 109 Å². The SMILES string of the molecule is CC(=O)c1cnc2ccc(Br)cc2c1N[C@H]1CC[C@H](NC(=O)C(NC(=O)OC(C)(C)C)C(C)C)CC1. The number of hydrogen-bond donors (Lipinski definition) is 3. The van der Waals surface area contributed by atoms with Gasteiger partial charge >= 0.3 is 6.09 Å². The molecule has 196 valence electrons. The maximum Gasteiger partial charge on any atom is 0.408 e. The van der Waals surface area contributed by atoms with Crippen molar-refractivity contribution in [3.8, 4) is 0 Å². The number of carbonyl (C=O) groups is 3. The van der Waals surface area contributed by atoms with Gasteiger partial charge in [-0.05, 0) is 77.5 Å². The summed E-state index contributed by atoms with van der Waals surface area (Å²) in [5.74, 6) is -0.319. The quantitative estimate of drug-likeness (QED) is 0.381. The lowest BCUT2D eigenvalue weighted by Gasteiger charge is -2.32. The molecular formula is C27H37BrN4O4. The van der Waals surface area contributed by atoms with Crippen LogP contribution >= 0.6 is 15.9 Å². The average Bonchev–Trinajstić information content (AvgIpc) is 2.77. The molecule has 0 saturated heterocycles. The summed E-state index contributed by atoms with van der Waals surface area (Å²) < 4.78 is 6.25. The number of amides is 2. The summed E-state index contributed by atoms with van der Waals surface area (Å²) in [7, 11) is 0. The number of aromatic nitrogens is 1. The molecule has 2 amide bonds. The largest absolute Gasteiger partial charge is 0.444 e. The van der Waals surface area contributed by atoms with Gasteiger partial charge in [-0.25, -0.2) is 4.79 Å². The Bertz CT molecular complexity index is 1120. The fraction of sp³-hybridized carbons (Fsp3) is 0.556. The van der Waals surface area contributed by atoms with Crippen LogP contribution in [0.1, 0.15) is 77.6 Å². The molecule has 0 spiro atoms. The van der Waals surface area contributed by atoms with Crippen LogP contribution in [-0.2, 0) is 9.53 Å². The Morgan fingerprint density at radius 3 is 2.31 bits per heavy atom. The number of halogens is 1. The molecule has 0 bridgehead atoms. The Labute approximate surface area is 221 Å². The molecule has 8 nitrogen and oxygen atoms in total. The third-order valence-corrected chi connectivity index (χ3v) is 6.75. The lowest BCUT2D eigenvalue weighted by Crippen LogP contribution is -2.53. The second-order valence-electron chi connectivity index (χ2n) is 10.8. The maximum atomic E-state index is 13.0. The average molecular weight is 562 g/mol. The van der Waals surface area contributed by atoms with Crippen molar-refractivity contribution >= 4 is 50.3 Å². The predicted octanol–water partition coefficient (Wildman–Crippen LogP) is 5.59. The van der Waals surface area contributed by atoms with E-state index in [0.717, 1.165) is 46.7 Å². The van der Waals surface area contributed by atoms with Crippen LogP contribution in [0.25, 0.3) is 10.9 Å². The number of hydrogen-bond acceptors (Lipinski definition) is 6. The van der Waals surface area contributed by atoms with Crippen molar-refractivity contribution in [3.05, 3.63) is 34.4 Å². The number of fused-ring (bicyclic) bond motifs is 1. The summed E-state index contributed by atoms with van der Waals surface area (Å²) in [5.41, 5.74) is 1.57. The van der Waals surface area contributed by atoms with E-state index in [1.54, 1.807) is 33.9 Å². The van der Waals surface area contributed by atoms with E-state index in [2.05, 4.69) is 36.9 Å². The fourth-order valence-corrected chi connectivity index (χ4v) is 4.79. The number of carbonyl (C=O) groups excluding carboxylic acids is 3. The predicted molar refractivity (Wildman–Crippen MR) is 145 cm³/mol. The molecular weight excluding hydrogens is 524 g/mol. The summed E-state index contributed by atoms with van der Waals surface area (Å²) in [6.45, 7) is 10.7. The van der Waals surface area contributed by atoms with Crippen LogP contribution in [0.4, 0.5) is 10.5 Å². The first kappa shape index (κ1) is 27.9. The number of alkyl carbamates (subject to hydrolysis) is 1. The summed E-state index contributed by atoms with van der Waals surface area (Å²) >= 11 is 3.52. The number of nitrogens with zero attached hydrogens (tertiary/aromatic N) is 1. The Balaban J connectivity index is 1.63. The summed E-state index contributed by atoms with van der Waals surface area (Å²) in [6.07, 6.45) is 4.31. The van der Waals surface area contributed by atoms with Gasteiger partial charge in [0.05, 0.1) is 16.8 Å². The highest BCUT2D eigenvalue weighted by molar-refractivity contribution is 9.10. The van der Waals surface area contributed by atoms with Crippen molar-refractivity contribution < 1.29 is 19.1 Å². The monoisotopic (exact) mass is 560 g/mol. The molecule has 1 heterocycles. The van der Waals surface area contributed by atoms with Gasteiger partial charge in [-0.15, -0.1) is 0 Å². The van der Waals surface area contributed by atoms with Crippen molar-refractivity contribution in [1.29, 1.82) is 0 Å². The first-order valence-corrected chi connectivity index (χ1v) is 13.3. The number of nitrogens with one attached hydrogen (secondary N) is 3. The first-order valence-electron chi connectivity index (χ1n) is 12.5. The minimum Gasteiger partial charge on any atom is -0.444 e. The van der Waals surface area contributed by atoms with Gasteiger partial charge in [-0.2, -0.15) is 0 Å². The number of ketones is 1. The summed E-state index contributed by atoms with van der Waals surface area (Å²) in [5, 5.41) is 10.3. The zero-order chi connectivity index (χ0) is 26.6. The Morgan fingerprint density at radius 1 is 1.08 bits per heavy atom. The Morgan fingerprint density at radius 2 is 1.72 bits per heavy atom. The number of benzene rings is 1. The van der Waals surface area contributed by atoms with Gasteiger partial charge in [0.2, 0.25) is 5.91 Å². The highest BCUT2D eigenvalue weighted by atomic mass is 79.9. The van der Waals surface area contributed by atoms with E-state index in [1.807, 2.05) is 32.0 Å². The second kappa shape index (κ2) is 11.6. The second-order valence-corrected chi connectivity index (χ2v) is 11.7. The minimum atomic E-state index is -0.671. The van der Waals surface area contributed by atoms with E-state index in [9.17, 15) is 14.4 Å². The molecule has 0 radical (unpaired) electrons. The number of pyridine rings is 1. The molecule has 9 heteroatoms. The highest BCUT2D eigenvalue weighted by Gasteiger charge is 2.30. The Hall–Kier alpha value is -2.68. The standard InChI is InChI=1S/C27H37BrN4O4/c1-15(2)23(32-26(35)36-27(4,5)6)25(34)31-19-10-8-18(9-11-19)30-24-20-13-17(28)7-12-22(20)29-14-21(24)16(3)33/h7,12-15,18-19,23H,8-11H2,1-6H3,(H,29,30)(H,31,34)(H,32,35)/t18-,19-,23?. The van der Waals surface area contributed by atoms with Gasteiger partial charge in [-0.3, -0.25) is 14.6 Å². The van der Waals surface area contributed by atoms with Gasteiger partial charge in [0.15, 0.2) is 5.78 Å². The molecule has 3 rings (SSSR count). The zero-order valence-electron chi connectivity index (χ0n) is 21.9. The van der Waals surface area contributed by atoms with E-state index in [1.165, 1.54) is 0 Å². The van der Waals surface area contributed by atoms with E-state index in [-0.39, 0.29) is 29.7 Å². The smallest absolute Gasteiger partial charge is 0.408 e. The zero-order valence-corrected chi connectivity index (χ0v) is 23.5. The lowest BCUT2D eigenvalue weighted by molar-refractivity contribution is -0.125. The van der Waals surface area contributed by atoms with Gasteiger partial charge in [-0.1, -0.05) is 29.8 Å². The number of anilines is 1. The molecule has 1 unspecified atom stereocenters. The van der Waals surface area contributed by atoms with Crippen molar-refractivity contribution in [1.82, 2.24) is 15.6 Å². The molecule has 1 aromatic carbocycles. The molecule has 1 fully saturated rings. The highest BCUT2D eigenvalue weighted by Crippen LogP contribution is 2.32. The van der Waals surface area contributed by atoms with E-state index < -0.39 is 17.7 Å². The molecule has 36 heavy (non-hydrogen) atoms. The van der Waals surface area contributed by atoms with Crippen LogP contribution < -0.4 is 16.0 Å². The van der Waals surface area contributed by atoms with Crippen LogP contribution in [0.2, 0.25) is 0 Å². The fourth-order valence-electron chi connectivity index (χ4n) is 4.43. The third-order valence-electron chi connectivity index (χ3n) is 6.25. The molecule has 3 N–H and O–H groups in total. The van der Waals surface area contributed by atoms with Gasteiger partial charge < -0.3 is 20.7 Å². The molecule has 1 aliphatic rings. The van der Waals surface area contributed by atoms with E-state index in [0.29, 0.717) is 5.56 Å². The molecule has 2 aromatic rings. The lowest BCUT2D eigenvalue weighted by atomic mass is 9.90. The normalized spacial score (nSPS) is 19.0. The molecule has 1 aromatic heterocycles. The van der Waals surface area contributed by atoms with Crippen molar-refractivity contribution in [2.24, 2.45) is 5.92 Å². The number of ether oxygens (including phenoxy) is 1. The van der Waals surface area contributed by atoms with Crippen LogP contribution in [0, 0.1) is 5.92 Å². The van der Waals surface area contributed by atoms with Crippen molar-refractivity contribution in [2.45, 2.75) is 91.0 Å². The first-order chi connectivity index (χ1) is 16.8. The van der Waals surface area contributed by atoms with Gasteiger partial charge in [0, 0.05) is 28.1 Å². The maximum absolute atomic E-state index is 13.0. The summed E-state index contributed by atoms with van der Waals surface area (Å²) in [4.78, 5) is 42.0. The van der Waals surface area contributed by atoms with Crippen LogP contribution in [0.5, 0.6) is 0 Å². The van der Waals surface area contributed by atoms with Crippen molar-refractivity contribution in [2.75, 3.05) is 5.32 Å². The third kappa shape index (κ3) is 7.41. The summed E-state index contributed by atoms with van der Waals surface area (Å²) in [6, 6.07) is 5.36. The minimum absolute atomic E-state index is 0.0212. The van der Waals surface area contributed by atoms with Crippen LogP contribution in [0.15, 0.2) is 28.9 Å². The van der Waals surface area contributed by atoms with Crippen molar-refractivity contribution in [3.63, 3.8) is 0 Å². The number of Topliss-reactive ketones (excluding diaryl/α,β-unsaturated/α-hetero) is 1. The van der Waals surface area contributed by atoms with E-state index >= 15 is 0 Å². The number of rotatable bonds is 7. The van der Waals surface area contributed by atoms with Gasteiger partial charge in [0.1, 0.15) is 11.6 Å². The van der Waals surface area contributed by atoms with Crippen LogP contribution in [-0.4, -0.2) is 46.5 Å². The molecule has 1 atom stereocenters.